The number of carboxylic acid groups (broad SMARTS) is 1. The summed E-state index contributed by atoms with van der Waals surface area (Å²) >= 11 is 0. The van der Waals surface area contributed by atoms with Gasteiger partial charge in [-0.05, 0) is 59.3 Å². The third-order valence-corrected chi connectivity index (χ3v) is 7.76. The van der Waals surface area contributed by atoms with E-state index in [1.165, 1.54) is 18.0 Å². The van der Waals surface area contributed by atoms with Crippen molar-refractivity contribution >= 4 is 45.9 Å². The van der Waals surface area contributed by atoms with Crippen LogP contribution in [0.3, 0.4) is 0 Å². The van der Waals surface area contributed by atoms with Gasteiger partial charge in [0.1, 0.15) is 25.2 Å². The second-order valence-corrected chi connectivity index (χ2v) is 11.7. The standard InChI is InChI=1S/C33H34F3N5O4.C2H4O2/c1-18-10-21-4-6-26(18)19(2)17-44-33(43)40-24-12-22(30(28(36)13-24)45-25(14-34)15-35)16-41(3)32(42)29(21)39-23-5-7-27-20(11-23)8-9-38-31(27)37;1-2(3)4/h4-13,19,25,29,39H,14-17H2,1-3H3,(H2,37,38)(H,40,43);1H3,(H,3,4)/t19-,29+;/m0./s1. The molecule has 0 radical (unpaired) electrons. The topological polar surface area (TPSA) is 156 Å². The lowest BCUT2D eigenvalue weighted by Crippen LogP contribution is -2.35. The number of hydrogen-bond donors (Lipinski definition) is 4. The SMILES string of the molecule is CC(=O)O.Cc1cc2ccc1[C@@H](C)COC(=O)Nc1cc(F)c(OC(CF)CF)c(c1)CN(C)C(=O)[C@@H]2Nc1ccc2c(N)nccc2c1. The first-order chi connectivity index (χ1) is 23.3. The molecule has 260 valence electrons. The molecule has 0 spiro atoms. The molecule has 49 heavy (non-hydrogen) atoms. The van der Waals surface area contributed by atoms with E-state index in [9.17, 15) is 18.4 Å². The summed E-state index contributed by atoms with van der Waals surface area (Å²) in [6.45, 7) is 2.34. The van der Waals surface area contributed by atoms with Gasteiger partial charge in [0.15, 0.2) is 17.7 Å². The molecule has 0 saturated carbocycles. The molecule has 2 amide bonds. The van der Waals surface area contributed by atoms with Crippen molar-refractivity contribution < 1.29 is 42.1 Å². The molecule has 1 aromatic heterocycles. The number of nitrogens with two attached hydrogens (primary N) is 1. The number of nitrogen functional groups attached to an aromatic ring is 1. The fraction of sp³-hybridized carbons (Fsp3) is 0.314. The van der Waals surface area contributed by atoms with Gasteiger partial charge in [-0.25, -0.2) is 22.9 Å². The summed E-state index contributed by atoms with van der Waals surface area (Å²) in [4.78, 5) is 41.3. The third kappa shape index (κ3) is 9.09. The first kappa shape index (κ1) is 36.3. The number of rotatable bonds is 6. The number of carboxylic acids is 1. The van der Waals surface area contributed by atoms with Crippen LogP contribution in [0.4, 0.5) is 35.2 Å². The molecule has 4 bridgehead atoms. The summed E-state index contributed by atoms with van der Waals surface area (Å²) < 4.78 is 52.9. The summed E-state index contributed by atoms with van der Waals surface area (Å²) in [7, 11) is 1.52. The van der Waals surface area contributed by atoms with Crippen LogP contribution in [-0.2, 0) is 20.9 Å². The zero-order valence-corrected chi connectivity index (χ0v) is 27.4. The predicted octanol–water partition coefficient (Wildman–Crippen LogP) is 6.52. The molecular weight excluding hydrogens is 643 g/mol. The first-order valence-electron chi connectivity index (χ1n) is 15.3. The average Bonchev–Trinajstić information content (AvgIpc) is 3.05. The van der Waals surface area contributed by atoms with E-state index >= 15 is 4.39 Å². The number of alkyl halides is 2. The minimum atomic E-state index is -1.55. The summed E-state index contributed by atoms with van der Waals surface area (Å²) in [5.41, 5.74) is 9.26. The molecule has 11 nitrogen and oxygen atoms in total. The number of hydrogen-bond acceptors (Lipinski definition) is 8. The Morgan fingerprint density at radius 1 is 1.16 bits per heavy atom. The smallest absolute Gasteiger partial charge is 0.411 e. The van der Waals surface area contributed by atoms with Gasteiger partial charge in [-0.1, -0.05) is 25.1 Å². The Kier molecular flexibility index (Phi) is 11.9. The van der Waals surface area contributed by atoms with E-state index in [1.807, 2.05) is 50.2 Å². The van der Waals surface area contributed by atoms with Crippen molar-refractivity contribution in [2.75, 3.05) is 43.4 Å². The number of aryl methyl sites for hydroxylation is 1. The number of likely N-dealkylation sites (N-methyl/N-ethyl adjacent to an activating group) is 1. The van der Waals surface area contributed by atoms with E-state index in [4.69, 9.17) is 25.1 Å². The molecule has 3 heterocycles. The number of aromatic nitrogens is 1. The predicted molar refractivity (Wildman–Crippen MR) is 180 cm³/mol. The Morgan fingerprint density at radius 3 is 2.55 bits per heavy atom. The number of carbonyl (C=O) groups is 3. The van der Waals surface area contributed by atoms with Gasteiger partial charge in [-0.15, -0.1) is 0 Å². The van der Waals surface area contributed by atoms with Crippen molar-refractivity contribution in [3.8, 4) is 5.75 Å². The van der Waals surface area contributed by atoms with Crippen molar-refractivity contribution in [3.63, 3.8) is 0 Å². The van der Waals surface area contributed by atoms with Crippen LogP contribution in [0.2, 0.25) is 0 Å². The average molecular weight is 682 g/mol. The van der Waals surface area contributed by atoms with Gasteiger partial charge in [0, 0.05) is 61.0 Å². The van der Waals surface area contributed by atoms with Crippen LogP contribution in [0.15, 0.2) is 60.8 Å². The third-order valence-electron chi connectivity index (χ3n) is 7.76. The Bertz CT molecular complexity index is 1830. The maximum Gasteiger partial charge on any atom is 0.411 e. The number of aliphatic carboxylic acids is 1. The number of nitrogens with one attached hydrogen (secondary N) is 2. The van der Waals surface area contributed by atoms with E-state index in [0.29, 0.717) is 17.1 Å². The molecule has 2 atom stereocenters. The fourth-order valence-corrected chi connectivity index (χ4v) is 5.42. The molecule has 0 aliphatic carbocycles. The minimum Gasteiger partial charge on any atom is -0.482 e. The normalized spacial score (nSPS) is 16.4. The number of nitrogens with zero attached hydrogens (tertiary/aromatic N) is 2. The Morgan fingerprint density at radius 2 is 1.88 bits per heavy atom. The molecule has 14 heteroatoms. The molecule has 0 saturated heterocycles. The van der Waals surface area contributed by atoms with Crippen molar-refractivity contribution in [1.82, 2.24) is 9.88 Å². The van der Waals surface area contributed by atoms with Crippen molar-refractivity contribution in [2.24, 2.45) is 0 Å². The highest BCUT2D eigenvalue weighted by Gasteiger charge is 2.28. The van der Waals surface area contributed by atoms with Gasteiger partial charge < -0.3 is 30.5 Å². The highest BCUT2D eigenvalue weighted by Crippen LogP contribution is 2.33. The van der Waals surface area contributed by atoms with Crippen LogP contribution < -0.4 is 21.1 Å². The van der Waals surface area contributed by atoms with E-state index in [2.05, 4.69) is 15.6 Å². The van der Waals surface area contributed by atoms with Crippen LogP contribution in [0, 0.1) is 12.7 Å². The van der Waals surface area contributed by atoms with Crippen LogP contribution in [-0.4, -0.2) is 66.1 Å². The van der Waals surface area contributed by atoms with Gasteiger partial charge in [-0.2, -0.15) is 0 Å². The summed E-state index contributed by atoms with van der Waals surface area (Å²) in [6, 6.07) is 14.4. The van der Waals surface area contributed by atoms with Crippen LogP contribution >= 0.6 is 0 Å². The van der Waals surface area contributed by atoms with Gasteiger partial charge in [0.2, 0.25) is 5.91 Å². The fourth-order valence-electron chi connectivity index (χ4n) is 5.42. The Labute approximate surface area is 281 Å². The lowest BCUT2D eigenvalue weighted by Gasteiger charge is -2.28. The lowest BCUT2D eigenvalue weighted by molar-refractivity contribution is -0.134. The van der Waals surface area contributed by atoms with Crippen LogP contribution in [0.5, 0.6) is 5.75 Å². The monoisotopic (exact) mass is 681 g/mol. The van der Waals surface area contributed by atoms with E-state index < -0.39 is 49.1 Å². The molecular formula is C35H38F3N5O6. The number of benzene rings is 3. The highest BCUT2D eigenvalue weighted by atomic mass is 19.1. The van der Waals surface area contributed by atoms with Gasteiger partial charge in [-0.3, -0.25) is 14.9 Å². The maximum absolute atomic E-state index is 15.3. The second kappa shape index (κ2) is 16.0. The number of carbonyl (C=O) groups excluding carboxylic acids is 2. The Balaban J connectivity index is 0.00000128. The summed E-state index contributed by atoms with van der Waals surface area (Å²) in [5.74, 6) is -2.41. The molecule has 6 rings (SSSR count). The molecule has 5 N–H and O–H groups in total. The van der Waals surface area contributed by atoms with Gasteiger partial charge in [0.25, 0.3) is 5.97 Å². The molecule has 4 aromatic rings. The number of ether oxygens (including phenoxy) is 2. The lowest BCUT2D eigenvalue weighted by atomic mass is 9.93. The van der Waals surface area contributed by atoms with Crippen molar-refractivity contribution in [3.05, 3.63) is 88.9 Å². The quantitative estimate of drug-likeness (QED) is 0.178. The zero-order valence-electron chi connectivity index (χ0n) is 27.4. The summed E-state index contributed by atoms with van der Waals surface area (Å²) in [5, 5.41) is 14.8. The number of amides is 2. The largest absolute Gasteiger partial charge is 0.482 e. The molecule has 2 aliphatic rings. The van der Waals surface area contributed by atoms with Crippen molar-refractivity contribution in [1.29, 1.82) is 0 Å². The first-order valence-corrected chi connectivity index (χ1v) is 15.3. The molecule has 0 unspecified atom stereocenters. The van der Waals surface area contributed by atoms with E-state index in [1.54, 1.807) is 12.3 Å². The Hall–Kier alpha value is -5.53. The number of anilines is 3. The van der Waals surface area contributed by atoms with Gasteiger partial charge in [0.05, 0.1) is 6.61 Å². The van der Waals surface area contributed by atoms with Crippen molar-refractivity contribution in [2.45, 2.75) is 45.4 Å². The molecule has 3 aromatic carbocycles. The minimum absolute atomic E-state index is 0.0246. The van der Waals surface area contributed by atoms with E-state index in [-0.39, 0.29) is 36.2 Å². The van der Waals surface area contributed by atoms with Crippen LogP contribution in [0.25, 0.3) is 10.8 Å². The van der Waals surface area contributed by atoms with Crippen LogP contribution in [0.1, 0.15) is 48.1 Å². The number of halogens is 3. The second-order valence-electron chi connectivity index (χ2n) is 11.7. The zero-order chi connectivity index (χ0) is 35.8. The number of pyridine rings is 1. The maximum atomic E-state index is 15.3. The summed E-state index contributed by atoms with van der Waals surface area (Å²) in [6.07, 6.45) is -0.754. The molecule has 2 aliphatic heterocycles. The van der Waals surface area contributed by atoms with Gasteiger partial charge >= 0.3 is 6.09 Å². The number of fused-ring (bicyclic) bond motifs is 10. The van der Waals surface area contributed by atoms with E-state index in [0.717, 1.165) is 34.9 Å². The molecule has 0 fully saturated rings. The highest BCUT2D eigenvalue weighted by molar-refractivity contribution is 5.94.